The maximum Gasteiger partial charge on any atom is 0.234 e. The van der Waals surface area contributed by atoms with E-state index in [1.807, 2.05) is 11.9 Å². The van der Waals surface area contributed by atoms with Crippen LogP contribution in [0.5, 0.6) is 0 Å². The van der Waals surface area contributed by atoms with Crippen LogP contribution in [0.15, 0.2) is 0 Å². The number of rotatable bonds is 11. The van der Waals surface area contributed by atoms with Gasteiger partial charge in [0.05, 0.1) is 6.54 Å². The number of unbranched alkanes of at least 4 members (excludes halogenated alkanes) is 2. The molecule has 0 bridgehead atoms. The Kier molecular flexibility index (Phi) is 10.9. The van der Waals surface area contributed by atoms with Crippen LogP contribution >= 0.6 is 0 Å². The van der Waals surface area contributed by atoms with Crippen LogP contribution < -0.4 is 5.32 Å². The molecule has 0 aliphatic rings. The Bertz CT molecular complexity index is 232. The van der Waals surface area contributed by atoms with Gasteiger partial charge in [-0.25, -0.2) is 0 Å². The SMILES string of the molecule is CC(C)CCC(C)NC(=O)CN(C)CCCCCO. The smallest absolute Gasteiger partial charge is 0.234 e. The number of nitrogens with zero attached hydrogens (tertiary/aromatic N) is 1. The molecule has 0 saturated carbocycles. The van der Waals surface area contributed by atoms with Crippen LogP contribution in [0.1, 0.15) is 52.9 Å². The average molecular weight is 272 g/mol. The van der Waals surface area contributed by atoms with Crippen molar-refractivity contribution in [2.75, 3.05) is 26.7 Å². The minimum atomic E-state index is 0.112. The molecule has 114 valence electrons. The average Bonchev–Trinajstić information content (AvgIpc) is 2.32. The predicted octanol–water partition coefficient (Wildman–Crippen LogP) is 2.02. The number of aliphatic hydroxyl groups excluding tert-OH is 1. The summed E-state index contributed by atoms with van der Waals surface area (Å²) >= 11 is 0. The van der Waals surface area contributed by atoms with Crippen molar-refractivity contribution in [2.24, 2.45) is 5.92 Å². The van der Waals surface area contributed by atoms with Crippen LogP contribution in [0.3, 0.4) is 0 Å². The molecule has 0 aromatic rings. The lowest BCUT2D eigenvalue weighted by Gasteiger charge is -2.19. The van der Waals surface area contributed by atoms with E-state index in [9.17, 15) is 4.79 Å². The highest BCUT2D eigenvalue weighted by Gasteiger charge is 2.10. The first-order chi connectivity index (χ1) is 8.95. The second-order valence-corrected chi connectivity index (χ2v) is 5.96. The maximum absolute atomic E-state index is 11.8. The van der Waals surface area contributed by atoms with E-state index >= 15 is 0 Å². The van der Waals surface area contributed by atoms with Crippen LogP contribution in [-0.4, -0.2) is 48.7 Å². The van der Waals surface area contributed by atoms with E-state index in [2.05, 4.69) is 26.1 Å². The molecule has 2 N–H and O–H groups in total. The first kappa shape index (κ1) is 18.4. The minimum absolute atomic E-state index is 0.112. The molecular formula is C15H32N2O2. The molecule has 0 radical (unpaired) electrons. The number of likely N-dealkylation sites (N-methyl/N-ethyl adjacent to an activating group) is 1. The standard InChI is InChI=1S/C15H32N2O2/c1-13(2)8-9-14(3)16-15(19)12-17(4)10-6-5-7-11-18/h13-14,18H,5-12H2,1-4H3,(H,16,19). The van der Waals surface area contributed by atoms with Crippen LogP contribution in [0.2, 0.25) is 0 Å². The van der Waals surface area contributed by atoms with Crippen molar-refractivity contribution >= 4 is 5.91 Å². The van der Waals surface area contributed by atoms with Gasteiger partial charge in [0, 0.05) is 12.6 Å². The highest BCUT2D eigenvalue weighted by atomic mass is 16.2. The third kappa shape index (κ3) is 12.2. The molecular weight excluding hydrogens is 240 g/mol. The Morgan fingerprint density at radius 1 is 1.16 bits per heavy atom. The molecule has 0 heterocycles. The number of carbonyl (C=O) groups is 1. The lowest BCUT2D eigenvalue weighted by Crippen LogP contribution is -2.40. The van der Waals surface area contributed by atoms with Crippen molar-refractivity contribution in [1.29, 1.82) is 0 Å². The summed E-state index contributed by atoms with van der Waals surface area (Å²) in [5, 5.41) is 11.7. The molecule has 0 saturated heterocycles. The van der Waals surface area contributed by atoms with Gasteiger partial charge in [0.1, 0.15) is 0 Å². The van der Waals surface area contributed by atoms with Crippen LogP contribution in [0.25, 0.3) is 0 Å². The van der Waals surface area contributed by atoms with Gasteiger partial charge in [-0.1, -0.05) is 13.8 Å². The van der Waals surface area contributed by atoms with E-state index in [0.29, 0.717) is 12.5 Å². The molecule has 0 aliphatic heterocycles. The highest BCUT2D eigenvalue weighted by Crippen LogP contribution is 2.06. The zero-order valence-corrected chi connectivity index (χ0v) is 13.1. The van der Waals surface area contributed by atoms with Gasteiger partial charge in [0.25, 0.3) is 0 Å². The molecule has 0 aromatic heterocycles. The summed E-state index contributed by atoms with van der Waals surface area (Å²) in [5.41, 5.74) is 0. The fourth-order valence-corrected chi connectivity index (χ4v) is 1.97. The Morgan fingerprint density at radius 2 is 1.84 bits per heavy atom. The molecule has 1 atom stereocenters. The number of amides is 1. The molecule has 0 rings (SSSR count). The number of carbonyl (C=O) groups excluding carboxylic acids is 1. The Hall–Kier alpha value is -0.610. The van der Waals surface area contributed by atoms with Crippen molar-refractivity contribution in [1.82, 2.24) is 10.2 Å². The first-order valence-corrected chi connectivity index (χ1v) is 7.54. The quantitative estimate of drug-likeness (QED) is 0.566. The third-order valence-electron chi connectivity index (χ3n) is 3.20. The van der Waals surface area contributed by atoms with Gasteiger partial charge in [-0.15, -0.1) is 0 Å². The van der Waals surface area contributed by atoms with Gasteiger partial charge in [0.2, 0.25) is 5.91 Å². The topological polar surface area (TPSA) is 52.6 Å². The second-order valence-electron chi connectivity index (χ2n) is 5.96. The molecule has 19 heavy (non-hydrogen) atoms. The van der Waals surface area contributed by atoms with Crippen molar-refractivity contribution in [2.45, 2.75) is 58.9 Å². The van der Waals surface area contributed by atoms with E-state index < -0.39 is 0 Å². The minimum Gasteiger partial charge on any atom is -0.396 e. The molecule has 0 spiro atoms. The van der Waals surface area contributed by atoms with Crippen molar-refractivity contribution in [3.63, 3.8) is 0 Å². The van der Waals surface area contributed by atoms with Crippen LogP contribution in [-0.2, 0) is 4.79 Å². The lowest BCUT2D eigenvalue weighted by atomic mass is 10.0. The van der Waals surface area contributed by atoms with Gasteiger partial charge >= 0.3 is 0 Å². The molecule has 1 amide bonds. The molecule has 0 aromatic carbocycles. The monoisotopic (exact) mass is 272 g/mol. The first-order valence-electron chi connectivity index (χ1n) is 7.54. The third-order valence-corrected chi connectivity index (χ3v) is 3.20. The van der Waals surface area contributed by atoms with Crippen LogP contribution in [0, 0.1) is 5.92 Å². The van der Waals surface area contributed by atoms with E-state index in [1.165, 1.54) is 0 Å². The van der Waals surface area contributed by atoms with Gasteiger partial charge < -0.3 is 10.4 Å². The van der Waals surface area contributed by atoms with E-state index in [4.69, 9.17) is 5.11 Å². The Morgan fingerprint density at radius 3 is 2.42 bits per heavy atom. The molecule has 1 unspecified atom stereocenters. The zero-order chi connectivity index (χ0) is 14.7. The van der Waals surface area contributed by atoms with Gasteiger partial charge in [-0.05, 0) is 58.5 Å². The number of aliphatic hydroxyl groups is 1. The molecule has 0 aliphatic carbocycles. The number of nitrogens with one attached hydrogen (secondary N) is 1. The van der Waals surface area contributed by atoms with Gasteiger partial charge in [0.15, 0.2) is 0 Å². The fourth-order valence-electron chi connectivity index (χ4n) is 1.97. The van der Waals surface area contributed by atoms with E-state index in [-0.39, 0.29) is 18.6 Å². The summed E-state index contributed by atoms with van der Waals surface area (Å²) in [5.74, 6) is 0.800. The van der Waals surface area contributed by atoms with Crippen molar-refractivity contribution < 1.29 is 9.90 Å². The number of hydrogen-bond acceptors (Lipinski definition) is 3. The van der Waals surface area contributed by atoms with Crippen LogP contribution in [0.4, 0.5) is 0 Å². The number of hydrogen-bond donors (Lipinski definition) is 2. The summed E-state index contributed by atoms with van der Waals surface area (Å²) < 4.78 is 0. The summed E-state index contributed by atoms with van der Waals surface area (Å²) in [4.78, 5) is 13.8. The van der Waals surface area contributed by atoms with E-state index in [0.717, 1.165) is 38.6 Å². The predicted molar refractivity (Wildman–Crippen MR) is 80.1 cm³/mol. The molecule has 0 fully saturated rings. The molecule has 4 nitrogen and oxygen atoms in total. The Balaban J connectivity index is 3.65. The lowest BCUT2D eigenvalue weighted by molar-refractivity contribution is -0.122. The van der Waals surface area contributed by atoms with Gasteiger partial charge in [-0.2, -0.15) is 0 Å². The zero-order valence-electron chi connectivity index (χ0n) is 13.1. The summed E-state index contributed by atoms with van der Waals surface area (Å²) in [7, 11) is 1.97. The second kappa shape index (κ2) is 11.2. The normalized spacial score (nSPS) is 13.0. The summed E-state index contributed by atoms with van der Waals surface area (Å²) in [6.07, 6.45) is 5.11. The largest absolute Gasteiger partial charge is 0.396 e. The van der Waals surface area contributed by atoms with Gasteiger partial charge in [-0.3, -0.25) is 9.69 Å². The van der Waals surface area contributed by atoms with E-state index in [1.54, 1.807) is 0 Å². The molecule has 4 heteroatoms. The summed E-state index contributed by atoms with van der Waals surface area (Å²) in [6.45, 7) is 8.11. The fraction of sp³-hybridized carbons (Fsp3) is 0.933. The summed E-state index contributed by atoms with van der Waals surface area (Å²) in [6, 6.07) is 0.262. The van der Waals surface area contributed by atoms with Crippen molar-refractivity contribution in [3.8, 4) is 0 Å². The van der Waals surface area contributed by atoms with Crippen molar-refractivity contribution in [3.05, 3.63) is 0 Å². The Labute approximate surface area is 118 Å². The highest BCUT2D eigenvalue weighted by molar-refractivity contribution is 5.78. The maximum atomic E-state index is 11.8.